The van der Waals surface area contributed by atoms with Crippen LogP contribution >= 0.6 is 0 Å². The van der Waals surface area contributed by atoms with Gasteiger partial charge in [0.1, 0.15) is 0 Å². The Morgan fingerprint density at radius 1 is 0.941 bits per heavy atom. The van der Waals surface area contributed by atoms with Crippen LogP contribution in [0.3, 0.4) is 0 Å². The van der Waals surface area contributed by atoms with E-state index in [1.54, 1.807) is 37.3 Å². The first kappa shape index (κ1) is 11.7. The standard InChI is InChI=1S/C14H10F3/c1-10-6-2-3-7-11(10)12-8-4-5-9-13(12)14(15,16)17/h2-8H,1H3. The number of alkyl halides is 3. The van der Waals surface area contributed by atoms with E-state index < -0.39 is 11.7 Å². The Hall–Kier alpha value is -1.77. The minimum atomic E-state index is -4.38. The van der Waals surface area contributed by atoms with Gasteiger partial charge in [-0.25, -0.2) is 0 Å². The monoisotopic (exact) mass is 235 g/mol. The number of hydrogen-bond acceptors (Lipinski definition) is 0. The maximum absolute atomic E-state index is 12.8. The molecule has 87 valence electrons. The lowest BCUT2D eigenvalue weighted by Gasteiger charge is -2.13. The van der Waals surface area contributed by atoms with Crippen molar-refractivity contribution < 1.29 is 13.2 Å². The summed E-state index contributed by atoms with van der Waals surface area (Å²) >= 11 is 0. The molecule has 2 aromatic rings. The summed E-state index contributed by atoms with van der Waals surface area (Å²) in [7, 11) is 0. The fourth-order valence-corrected chi connectivity index (χ4v) is 1.77. The van der Waals surface area contributed by atoms with E-state index in [4.69, 9.17) is 0 Å². The van der Waals surface area contributed by atoms with E-state index in [9.17, 15) is 13.2 Å². The Morgan fingerprint density at radius 2 is 1.59 bits per heavy atom. The van der Waals surface area contributed by atoms with Gasteiger partial charge in [0.05, 0.1) is 5.56 Å². The molecule has 0 saturated heterocycles. The third-order valence-corrected chi connectivity index (χ3v) is 2.57. The molecule has 0 fully saturated rings. The normalized spacial score (nSPS) is 11.5. The van der Waals surface area contributed by atoms with Gasteiger partial charge in [-0.1, -0.05) is 42.5 Å². The third-order valence-electron chi connectivity index (χ3n) is 2.57. The Balaban J connectivity index is 2.65. The second-order valence-electron chi connectivity index (χ2n) is 3.77. The van der Waals surface area contributed by atoms with Gasteiger partial charge < -0.3 is 0 Å². The van der Waals surface area contributed by atoms with Crippen molar-refractivity contribution in [1.29, 1.82) is 0 Å². The molecule has 0 nitrogen and oxygen atoms in total. The highest BCUT2D eigenvalue weighted by Gasteiger charge is 2.33. The maximum Gasteiger partial charge on any atom is 0.417 e. The van der Waals surface area contributed by atoms with Crippen LogP contribution in [0, 0.1) is 13.0 Å². The van der Waals surface area contributed by atoms with E-state index in [1.807, 2.05) is 0 Å². The molecule has 0 atom stereocenters. The highest BCUT2D eigenvalue weighted by Crippen LogP contribution is 2.37. The van der Waals surface area contributed by atoms with Crippen molar-refractivity contribution in [2.45, 2.75) is 13.1 Å². The Bertz CT molecular complexity index is 527. The molecule has 17 heavy (non-hydrogen) atoms. The molecular formula is C14H10F3. The highest BCUT2D eigenvalue weighted by atomic mass is 19.4. The van der Waals surface area contributed by atoms with Gasteiger partial charge in [-0.2, -0.15) is 13.2 Å². The van der Waals surface area contributed by atoms with Crippen LogP contribution in [-0.2, 0) is 6.18 Å². The van der Waals surface area contributed by atoms with E-state index in [2.05, 4.69) is 6.07 Å². The van der Waals surface area contributed by atoms with Crippen LogP contribution in [0.5, 0.6) is 0 Å². The van der Waals surface area contributed by atoms with Crippen LogP contribution in [-0.4, -0.2) is 0 Å². The second kappa shape index (κ2) is 4.24. The van der Waals surface area contributed by atoms with Crippen molar-refractivity contribution >= 4 is 0 Å². The van der Waals surface area contributed by atoms with E-state index in [1.165, 1.54) is 12.1 Å². The zero-order valence-electron chi connectivity index (χ0n) is 9.18. The fraction of sp³-hybridized carbons (Fsp3) is 0.143. The molecule has 0 saturated carbocycles. The summed E-state index contributed by atoms with van der Waals surface area (Å²) in [6.07, 6.45) is -4.38. The van der Waals surface area contributed by atoms with Crippen LogP contribution < -0.4 is 0 Å². The Kier molecular flexibility index (Phi) is 2.92. The maximum atomic E-state index is 12.8. The van der Waals surface area contributed by atoms with Crippen molar-refractivity contribution in [2.24, 2.45) is 0 Å². The molecule has 0 spiro atoms. The van der Waals surface area contributed by atoms with Gasteiger partial charge in [0.25, 0.3) is 0 Å². The van der Waals surface area contributed by atoms with E-state index in [-0.39, 0.29) is 5.56 Å². The van der Waals surface area contributed by atoms with Gasteiger partial charge in [0.15, 0.2) is 0 Å². The molecule has 0 N–H and O–H groups in total. The van der Waals surface area contributed by atoms with Crippen LogP contribution in [0.1, 0.15) is 11.1 Å². The Morgan fingerprint density at radius 3 is 2.24 bits per heavy atom. The van der Waals surface area contributed by atoms with E-state index in [0.29, 0.717) is 5.56 Å². The van der Waals surface area contributed by atoms with Gasteiger partial charge in [-0.05, 0) is 29.7 Å². The number of hydrogen-bond donors (Lipinski definition) is 0. The molecule has 0 unspecified atom stereocenters. The lowest BCUT2D eigenvalue weighted by atomic mass is 9.96. The lowest BCUT2D eigenvalue weighted by Crippen LogP contribution is -2.07. The smallest absolute Gasteiger partial charge is 0.166 e. The Labute approximate surface area is 97.7 Å². The molecule has 3 heteroatoms. The summed E-state index contributed by atoms with van der Waals surface area (Å²) in [5, 5.41) is 0. The zero-order valence-corrected chi connectivity index (χ0v) is 9.18. The molecule has 0 aliphatic carbocycles. The first-order chi connectivity index (χ1) is 8.00. The largest absolute Gasteiger partial charge is 0.417 e. The molecule has 2 aromatic carbocycles. The van der Waals surface area contributed by atoms with Crippen LogP contribution in [0.15, 0.2) is 42.5 Å². The number of aryl methyl sites for hydroxylation is 1. The molecule has 0 bridgehead atoms. The molecule has 1 radical (unpaired) electrons. The van der Waals surface area contributed by atoms with Crippen molar-refractivity contribution in [3.8, 4) is 11.1 Å². The summed E-state index contributed by atoms with van der Waals surface area (Å²) < 4.78 is 38.5. The SMILES string of the molecule is Cc1ccccc1-c1ccc[c]c1C(F)(F)F. The average molecular weight is 235 g/mol. The minimum absolute atomic E-state index is 0.179. The minimum Gasteiger partial charge on any atom is -0.166 e. The van der Waals surface area contributed by atoms with Crippen molar-refractivity contribution in [3.63, 3.8) is 0 Å². The summed E-state index contributed by atoms with van der Waals surface area (Å²) in [6.45, 7) is 1.79. The topological polar surface area (TPSA) is 0 Å². The number of benzene rings is 2. The van der Waals surface area contributed by atoms with Crippen molar-refractivity contribution in [3.05, 3.63) is 59.7 Å². The average Bonchev–Trinajstić information content (AvgIpc) is 2.28. The summed E-state index contributed by atoms with van der Waals surface area (Å²) in [5.41, 5.74) is 0.877. The van der Waals surface area contributed by atoms with Crippen molar-refractivity contribution in [2.75, 3.05) is 0 Å². The molecule has 0 amide bonds. The summed E-state index contributed by atoms with van der Waals surface area (Å²) in [4.78, 5) is 0. The van der Waals surface area contributed by atoms with Gasteiger partial charge in [0, 0.05) is 0 Å². The van der Waals surface area contributed by atoms with Gasteiger partial charge >= 0.3 is 6.18 Å². The number of halogens is 3. The first-order valence-electron chi connectivity index (χ1n) is 5.14. The van der Waals surface area contributed by atoms with Gasteiger partial charge in [-0.3, -0.25) is 0 Å². The second-order valence-corrected chi connectivity index (χ2v) is 3.77. The van der Waals surface area contributed by atoms with Gasteiger partial charge in [-0.15, -0.1) is 0 Å². The zero-order chi connectivity index (χ0) is 12.5. The third kappa shape index (κ3) is 2.33. The number of rotatable bonds is 1. The first-order valence-corrected chi connectivity index (χ1v) is 5.14. The predicted octanol–water partition coefficient (Wildman–Crippen LogP) is 4.48. The van der Waals surface area contributed by atoms with Crippen LogP contribution in [0.4, 0.5) is 13.2 Å². The molecule has 0 heterocycles. The molecular weight excluding hydrogens is 225 g/mol. The van der Waals surface area contributed by atoms with Gasteiger partial charge in [0.2, 0.25) is 0 Å². The summed E-state index contributed by atoms with van der Waals surface area (Å²) in [6, 6.07) is 13.6. The predicted molar refractivity (Wildman–Crippen MR) is 60.5 cm³/mol. The van der Waals surface area contributed by atoms with Crippen molar-refractivity contribution in [1.82, 2.24) is 0 Å². The highest BCUT2D eigenvalue weighted by molar-refractivity contribution is 5.70. The molecule has 2 rings (SSSR count). The van der Waals surface area contributed by atoms with E-state index in [0.717, 1.165) is 5.56 Å². The van der Waals surface area contributed by atoms with Crippen LogP contribution in [0.2, 0.25) is 0 Å². The van der Waals surface area contributed by atoms with Crippen LogP contribution in [0.25, 0.3) is 11.1 Å². The lowest BCUT2D eigenvalue weighted by molar-refractivity contribution is -0.137. The molecule has 0 aliphatic rings. The summed E-state index contributed by atoms with van der Waals surface area (Å²) in [5.74, 6) is 0. The molecule has 0 aliphatic heterocycles. The molecule has 0 aromatic heterocycles. The quantitative estimate of drug-likeness (QED) is 0.683. The van der Waals surface area contributed by atoms with E-state index >= 15 is 0 Å². The fourth-order valence-electron chi connectivity index (χ4n) is 1.77.